The van der Waals surface area contributed by atoms with Crippen LogP contribution < -0.4 is 10.1 Å². The molecule has 4 aromatic rings. The Morgan fingerprint density at radius 2 is 1.95 bits per heavy atom. The Morgan fingerprint density at radius 1 is 1.18 bits per heavy atom. The number of nitrogens with one attached hydrogen (secondary N) is 1. The highest BCUT2D eigenvalue weighted by Crippen LogP contribution is 2.30. The molecule has 10 heteroatoms. The molecule has 3 heterocycles. The van der Waals surface area contributed by atoms with E-state index in [0.717, 1.165) is 36.1 Å². The number of hydrogen-bond donors (Lipinski definition) is 2. The first kappa shape index (κ1) is 28.4. The van der Waals surface area contributed by atoms with Crippen LogP contribution in [0, 0.1) is 12.3 Å². The Labute approximate surface area is 234 Å². The Kier molecular flexibility index (Phi) is 9.19. The lowest BCUT2D eigenvalue weighted by atomic mass is 10.1. The van der Waals surface area contributed by atoms with Crippen molar-refractivity contribution in [3.8, 4) is 35.0 Å². The summed E-state index contributed by atoms with van der Waals surface area (Å²) in [6.07, 6.45) is 13.1. The third-order valence-corrected chi connectivity index (χ3v) is 6.65. The lowest BCUT2D eigenvalue weighted by molar-refractivity contribution is -0.130. The topological polar surface area (TPSA) is 109 Å². The fraction of sp³-hybridized carbons (Fsp3) is 0.333. The number of benzene rings is 2. The van der Waals surface area contributed by atoms with E-state index in [9.17, 15) is 9.90 Å². The summed E-state index contributed by atoms with van der Waals surface area (Å²) in [5.41, 5.74) is 3.71. The van der Waals surface area contributed by atoms with Gasteiger partial charge in [-0.15, -0.1) is 6.42 Å². The zero-order valence-corrected chi connectivity index (χ0v) is 23.4. The van der Waals surface area contributed by atoms with Gasteiger partial charge in [0.15, 0.2) is 0 Å². The van der Waals surface area contributed by atoms with E-state index in [1.165, 1.54) is 12.8 Å². The Morgan fingerprint density at radius 3 is 2.60 bits per heavy atom. The van der Waals surface area contributed by atoms with Crippen molar-refractivity contribution in [1.82, 2.24) is 29.5 Å². The van der Waals surface area contributed by atoms with Gasteiger partial charge in [0.1, 0.15) is 17.0 Å². The summed E-state index contributed by atoms with van der Waals surface area (Å²) < 4.78 is 7.11. The van der Waals surface area contributed by atoms with Crippen LogP contribution in [0.3, 0.4) is 0 Å². The fourth-order valence-electron chi connectivity index (χ4n) is 4.37. The predicted molar refractivity (Wildman–Crippen MR) is 157 cm³/mol. The van der Waals surface area contributed by atoms with Gasteiger partial charge >= 0.3 is 0 Å². The minimum atomic E-state index is 0.126. The predicted octanol–water partition coefficient (Wildman–Crippen LogP) is 4.03. The molecule has 5 rings (SSSR count). The first-order chi connectivity index (χ1) is 19.3. The molecule has 0 spiro atoms. The molecule has 0 unspecified atom stereocenters. The van der Waals surface area contributed by atoms with E-state index in [4.69, 9.17) is 11.2 Å². The average Bonchev–Trinajstić information content (AvgIpc) is 3.65. The van der Waals surface area contributed by atoms with Gasteiger partial charge in [0, 0.05) is 60.8 Å². The smallest absolute Gasteiger partial charge is 0.236 e. The first-order valence-corrected chi connectivity index (χ1v) is 13.2. The number of ether oxygens (including phenoxy) is 1. The molecule has 1 aliphatic heterocycles. The summed E-state index contributed by atoms with van der Waals surface area (Å²) in [7, 11) is 5.39. The molecule has 2 aromatic heterocycles. The van der Waals surface area contributed by atoms with Gasteiger partial charge in [0.25, 0.3) is 0 Å². The number of amides is 1. The minimum Gasteiger partial charge on any atom is -0.508 e. The van der Waals surface area contributed by atoms with E-state index in [1.807, 2.05) is 42.2 Å². The molecule has 40 heavy (non-hydrogen) atoms. The number of carbonyl (C=O) groups is 1. The van der Waals surface area contributed by atoms with Crippen molar-refractivity contribution < 1.29 is 14.6 Å². The number of aromatic nitrogens is 4. The maximum Gasteiger partial charge on any atom is 0.236 e. The average molecular weight is 542 g/mol. The molecule has 10 nitrogen and oxygen atoms in total. The van der Waals surface area contributed by atoms with Crippen molar-refractivity contribution >= 4 is 28.4 Å². The molecule has 2 aromatic carbocycles. The number of nitrogens with zero attached hydrogens (tertiary/aromatic N) is 6. The van der Waals surface area contributed by atoms with Crippen molar-refractivity contribution in [1.29, 1.82) is 0 Å². The summed E-state index contributed by atoms with van der Waals surface area (Å²) in [6.45, 7) is 5.53. The molecule has 0 aliphatic carbocycles. The van der Waals surface area contributed by atoms with Gasteiger partial charge in [-0.05, 0) is 56.3 Å². The maximum absolute atomic E-state index is 11.5. The van der Waals surface area contributed by atoms with Gasteiger partial charge < -0.3 is 20.1 Å². The van der Waals surface area contributed by atoms with Crippen molar-refractivity contribution in [2.24, 2.45) is 7.05 Å². The van der Waals surface area contributed by atoms with Gasteiger partial charge in [-0.3, -0.25) is 14.4 Å². The number of methoxy groups -OCH3 is 1. The van der Waals surface area contributed by atoms with Gasteiger partial charge in [0.05, 0.1) is 19.9 Å². The molecule has 0 atom stereocenters. The highest BCUT2D eigenvalue weighted by Gasteiger charge is 2.18. The second-order valence-electron chi connectivity index (χ2n) is 9.67. The fourth-order valence-corrected chi connectivity index (χ4v) is 4.37. The van der Waals surface area contributed by atoms with Crippen molar-refractivity contribution in [2.75, 3.05) is 45.7 Å². The molecule has 208 valence electrons. The van der Waals surface area contributed by atoms with E-state index in [0.29, 0.717) is 35.0 Å². The third kappa shape index (κ3) is 7.07. The van der Waals surface area contributed by atoms with E-state index < -0.39 is 0 Å². The second kappa shape index (κ2) is 13.0. The van der Waals surface area contributed by atoms with Gasteiger partial charge in [-0.2, -0.15) is 5.10 Å². The number of carbonyl (C=O) groups excluding carboxylic acids is 1. The largest absolute Gasteiger partial charge is 0.508 e. The molecule has 0 bridgehead atoms. The SMILES string of the molecule is C#Cc1cc(OC)c2nc(Nc3cc(O)cc(-c4cnn(C)c4)c3)ncc2c1.CCN(C)CC(=O)N1CCCC1. The number of aryl methyl sites for hydroxylation is 1. The Bertz CT molecular complexity index is 1520. The van der Waals surface area contributed by atoms with Crippen LogP contribution in [0.4, 0.5) is 11.6 Å². The second-order valence-corrected chi connectivity index (χ2v) is 9.67. The van der Waals surface area contributed by atoms with Crippen LogP contribution in [0.25, 0.3) is 22.0 Å². The Balaban J connectivity index is 0.000000259. The van der Waals surface area contributed by atoms with Gasteiger partial charge in [0.2, 0.25) is 11.9 Å². The zero-order valence-electron chi connectivity index (χ0n) is 23.4. The van der Waals surface area contributed by atoms with Crippen LogP contribution in [0.15, 0.2) is 48.9 Å². The number of anilines is 2. The highest BCUT2D eigenvalue weighted by molar-refractivity contribution is 5.86. The molecule has 1 saturated heterocycles. The molecular formula is C30H35N7O3. The first-order valence-electron chi connectivity index (χ1n) is 13.2. The summed E-state index contributed by atoms with van der Waals surface area (Å²) in [4.78, 5) is 24.4. The minimum absolute atomic E-state index is 0.126. The number of fused-ring (bicyclic) bond motifs is 1. The van der Waals surface area contributed by atoms with Crippen molar-refractivity contribution in [2.45, 2.75) is 19.8 Å². The normalized spacial score (nSPS) is 12.7. The monoisotopic (exact) mass is 541 g/mol. The van der Waals surface area contributed by atoms with Gasteiger partial charge in [-0.1, -0.05) is 12.8 Å². The summed E-state index contributed by atoms with van der Waals surface area (Å²) >= 11 is 0. The number of terminal acetylenes is 1. The quantitative estimate of drug-likeness (QED) is 0.338. The third-order valence-electron chi connectivity index (χ3n) is 6.65. The number of rotatable bonds is 7. The van der Waals surface area contributed by atoms with E-state index in [2.05, 4.69) is 33.2 Å². The molecular weight excluding hydrogens is 506 g/mol. The van der Waals surface area contributed by atoms with Gasteiger partial charge in [-0.25, -0.2) is 9.97 Å². The zero-order chi connectivity index (χ0) is 28.6. The number of likely N-dealkylation sites (N-methyl/N-ethyl adjacent to an activating group) is 1. The lowest BCUT2D eigenvalue weighted by Gasteiger charge is -2.19. The van der Waals surface area contributed by atoms with E-state index in [-0.39, 0.29) is 11.7 Å². The highest BCUT2D eigenvalue weighted by atomic mass is 16.5. The number of hydrogen-bond acceptors (Lipinski definition) is 8. The Hall–Kier alpha value is -4.62. The van der Waals surface area contributed by atoms with Crippen LogP contribution in [0.1, 0.15) is 25.3 Å². The summed E-state index contributed by atoms with van der Waals surface area (Å²) in [6, 6.07) is 8.76. The summed E-state index contributed by atoms with van der Waals surface area (Å²) in [5.74, 6) is 3.96. The number of phenolic OH excluding ortho intramolecular Hbond substituents is 1. The standard InChI is InChI=1S/C21H17N5O2.C9H18N2O/c1-4-13-5-15-10-22-21(25-20(15)19(6-13)28-3)24-17-7-14(8-18(27)9-17)16-11-23-26(2)12-16;1-3-10(2)8-9(12)11-6-4-5-7-11/h1,5-12,27H,2-3H3,(H,22,24,25);3-8H2,1-2H3. The molecule has 1 fully saturated rings. The molecule has 0 saturated carbocycles. The van der Waals surface area contributed by atoms with Crippen LogP contribution in [0.5, 0.6) is 11.5 Å². The molecule has 2 N–H and O–H groups in total. The lowest BCUT2D eigenvalue weighted by Crippen LogP contribution is -2.37. The van der Waals surface area contributed by atoms with Crippen LogP contribution in [0.2, 0.25) is 0 Å². The van der Waals surface area contributed by atoms with Crippen molar-refractivity contribution in [3.63, 3.8) is 0 Å². The van der Waals surface area contributed by atoms with Crippen LogP contribution in [-0.2, 0) is 11.8 Å². The molecule has 1 amide bonds. The number of phenols is 1. The van der Waals surface area contributed by atoms with E-state index in [1.54, 1.807) is 42.4 Å². The van der Waals surface area contributed by atoms with Crippen LogP contribution in [-0.4, -0.2) is 80.9 Å². The molecule has 1 aliphatic rings. The summed E-state index contributed by atoms with van der Waals surface area (Å²) in [5, 5.41) is 18.2. The number of likely N-dealkylation sites (tertiary alicyclic amines) is 1. The number of aromatic hydroxyl groups is 1. The van der Waals surface area contributed by atoms with Crippen LogP contribution >= 0.6 is 0 Å². The maximum atomic E-state index is 11.5. The molecule has 0 radical (unpaired) electrons. The van der Waals surface area contributed by atoms with E-state index >= 15 is 0 Å². The van der Waals surface area contributed by atoms with Crippen molar-refractivity contribution in [3.05, 3.63) is 54.5 Å².